The van der Waals surface area contributed by atoms with Crippen LogP contribution >= 0.6 is 11.8 Å². The molecule has 1 aliphatic heterocycles. The Hall–Kier alpha value is -4.80. The number of carboxylic acids is 1. The van der Waals surface area contributed by atoms with E-state index in [0.29, 0.717) is 17.9 Å². The molecule has 4 unspecified atom stereocenters. The van der Waals surface area contributed by atoms with Gasteiger partial charge in [-0.2, -0.15) is 0 Å². The van der Waals surface area contributed by atoms with E-state index in [1.54, 1.807) is 48.4 Å². The molecule has 3 N–H and O–H groups in total. The van der Waals surface area contributed by atoms with Crippen LogP contribution in [-0.4, -0.2) is 38.9 Å². The molecule has 6 rings (SSSR count). The molecule has 4 atom stereocenters. The largest absolute Gasteiger partial charge is 0.478 e. The highest BCUT2D eigenvalue weighted by Crippen LogP contribution is 2.43. The van der Waals surface area contributed by atoms with Crippen molar-refractivity contribution < 1.29 is 29.3 Å². The van der Waals surface area contributed by atoms with Gasteiger partial charge in [-0.25, -0.2) is 4.79 Å². The average Bonchev–Trinajstić information content (AvgIpc) is 3.14. The van der Waals surface area contributed by atoms with Gasteiger partial charge in [-0.15, -0.1) is 11.8 Å². The molecule has 0 spiro atoms. The fourth-order valence-electron chi connectivity index (χ4n) is 5.73. The van der Waals surface area contributed by atoms with Gasteiger partial charge in [0.05, 0.1) is 29.9 Å². The van der Waals surface area contributed by atoms with Crippen LogP contribution in [0.1, 0.15) is 62.3 Å². The standard InChI is InChI=1S/C39H36N2O6S/c1-25-35(24-48-33-18-16-29(17-19-33)38(44)45)46-39(47-36(25)28-10-8-26(23-42)9-11-28)30-14-12-27(13-15-30)34-7-3-2-5-31(34)22-41-37(43)32-6-4-20-40-21-32/h2-21,25,35-36,39,42H,22-24H2,1H3,(H,41,43)(H,44,45). The number of carbonyl (C=O) groups is 2. The van der Waals surface area contributed by atoms with E-state index in [1.165, 1.54) is 0 Å². The second-order valence-electron chi connectivity index (χ2n) is 11.7. The summed E-state index contributed by atoms with van der Waals surface area (Å²) >= 11 is 1.62. The number of thioether (sulfide) groups is 1. The van der Waals surface area contributed by atoms with Gasteiger partial charge >= 0.3 is 5.97 Å². The van der Waals surface area contributed by atoms with Gasteiger partial charge in [-0.05, 0) is 64.2 Å². The van der Waals surface area contributed by atoms with Crippen LogP contribution in [-0.2, 0) is 22.6 Å². The van der Waals surface area contributed by atoms with Crippen LogP contribution < -0.4 is 5.32 Å². The third kappa shape index (κ3) is 7.83. The number of ether oxygens (including phenoxy) is 2. The zero-order valence-electron chi connectivity index (χ0n) is 26.4. The molecule has 2 heterocycles. The van der Waals surface area contributed by atoms with Crippen LogP contribution in [0.2, 0.25) is 0 Å². The van der Waals surface area contributed by atoms with Crippen molar-refractivity contribution >= 4 is 23.6 Å². The SMILES string of the molecule is CC1C(CSc2ccc(C(=O)O)cc2)OC(c2ccc(-c3ccccc3CNC(=O)c3cccnc3)cc2)OC1c1ccc(CO)cc1. The number of amides is 1. The smallest absolute Gasteiger partial charge is 0.335 e. The number of pyridine rings is 1. The highest BCUT2D eigenvalue weighted by molar-refractivity contribution is 7.99. The van der Waals surface area contributed by atoms with Crippen LogP contribution in [0, 0.1) is 5.92 Å². The third-order valence-corrected chi connectivity index (χ3v) is 9.61. The molecule has 0 bridgehead atoms. The molecule has 244 valence electrons. The van der Waals surface area contributed by atoms with Crippen molar-refractivity contribution in [2.45, 2.75) is 43.5 Å². The van der Waals surface area contributed by atoms with Crippen molar-refractivity contribution in [1.82, 2.24) is 10.3 Å². The number of rotatable bonds is 11. The predicted molar refractivity (Wildman–Crippen MR) is 184 cm³/mol. The molecule has 48 heavy (non-hydrogen) atoms. The highest BCUT2D eigenvalue weighted by Gasteiger charge is 2.38. The molecule has 8 nitrogen and oxygen atoms in total. The first-order chi connectivity index (χ1) is 23.4. The normalized spacial score (nSPS) is 19.0. The molecule has 0 saturated carbocycles. The molecule has 1 fully saturated rings. The number of carboxylic acid groups (broad SMARTS) is 1. The lowest BCUT2D eigenvalue weighted by molar-refractivity contribution is -0.268. The summed E-state index contributed by atoms with van der Waals surface area (Å²) < 4.78 is 13.2. The fourth-order valence-corrected chi connectivity index (χ4v) is 6.80. The minimum Gasteiger partial charge on any atom is -0.478 e. The summed E-state index contributed by atoms with van der Waals surface area (Å²) in [5.74, 6) is -0.470. The molecule has 4 aromatic carbocycles. The molecule has 1 aliphatic rings. The van der Waals surface area contributed by atoms with E-state index < -0.39 is 12.3 Å². The number of aromatic nitrogens is 1. The minimum absolute atomic E-state index is 0.0139. The lowest BCUT2D eigenvalue weighted by atomic mass is 9.91. The van der Waals surface area contributed by atoms with E-state index in [1.807, 2.05) is 84.9 Å². The Bertz CT molecular complexity index is 1830. The van der Waals surface area contributed by atoms with E-state index in [4.69, 9.17) is 9.47 Å². The van der Waals surface area contributed by atoms with Crippen LogP contribution in [0.4, 0.5) is 0 Å². The quantitative estimate of drug-likeness (QED) is 0.125. The lowest BCUT2D eigenvalue weighted by Crippen LogP contribution is -2.38. The Morgan fingerprint density at radius 3 is 2.25 bits per heavy atom. The first-order valence-corrected chi connectivity index (χ1v) is 16.7. The van der Waals surface area contributed by atoms with E-state index in [0.717, 1.165) is 38.3 Å². The summed E-state index contributed by atoms with van der Waals surface area (Å²) in [6, 6.07) is 34.3. The zero-order chi connectivity index (χ0) is 33.5. The number of hydrogen-bond acceptors (Lipinski definition) is 7. The predicted octanol–water partition coefficient (Wildman–Crippen LogP) is 7.45. The number of carbonyl (C=O) groups excluding carboxylic acids is 1. The van der Waals surface area contributed by atoms with E-state index in [-0.39, 0.29) is 36.2 Å². The van der Waals surface area contributed by atoms with Crippen molar-refractivity contribution in [3.8, 4) is 11.1 Å². The van der Waals surface area contributed by atoms with E-state index in [2.05, 4.69) is 17.2 Å². The summed E-state index contributed by atoms with van der Waals surface area (Å²) in [4.78, 5) is 28.9. The summed E-state index contributed by atoms with van der Waals surface area (Å²) in [5, 5.41) is 21.8. The van der Waals surface area contributed by atoms with Crippen LogP contribution in [0.5, 0.6) is 0 Å². The first kappa shape index (κ1) is 33.1. The molecule has 0 aliphatic carbocycles. The molecule has 1 amide bonds. The number of benzene rings is 4. The molecule has 9 heteroatoms. The Labute approximate surface area is 283 Å². The maximum absolute atomic E-state index is 12.6. The van der Waals surface area contributed by atoms with Crippen molar-refractivity contribution in [2.24, 2.45) is 5.92 Å². The van der Waals surface area contributed by atoms with Gasteiger partial charge in [0.15, 0.2) is 6.29 Å². The molecular weight excluding hydrogens is 625 g/mol. The van der Waals surface area contributed by atoms with E-state index >= 15 is 0 Å². The number of aromatic carboxylic acids is 1. The number of nitrogens with zero attached hydrogens (tertiary/aromatic N) is 1. The summed E-state index contributed by atoms with van der Waals surface area (Å²) in [5.41, 5.74) is 6.49. The van der Waals surface area contributed by atoms with Gasteiger partial charge in [0, 0.05) is 41.1 Å². The lowest BCUT2D eigenvalue weighted by Gasteiger charge is -2.41. The second-order valence-corrected chi connectivity index (χ2v) is 12.8. The first-order valence-electron chi connectivity index (χ1n) is 15.7. The van der Waals surface area contributed by atoms with Gasteiger partial charge in [0.2, 0.25) is 0 Å². The van der Waals surface area contributed by atoms with Gasteiger partial charge in [-0.3, -0.25) is 9.78 Å². The number of aliphatic hydroxyl groups excluding tert-OH is 1. The van der Waals surface area contributed by atoms with Crippen LogP contribution in [0.25, 0.3) is 11.1 Å². The molecule has 1 saturated heterocycles. The second kappa shape index (κ2) is 15.4. The molecule has 5 aromatic rings. The highest BCUT2D eigenvalue weighted by atomic mass is 32.2. The van der Waals surface area contributed by atoms with Crippen molar-refractivity contribution in [2.75, 3.05) is 5.75 Å². The van der Waals surface area contributed by atoms with Gasteiger partial charge < -0.3 is 25.0 Å². The minimum atomic E-state index is -0.951. The number of aliphatic hydroxyl groups is 1. The van der Waals surface area contributed by atoms with Gasteiger partial charge in [-0.1, -0.05) is 79.7 Å². The Morgan fingerprint density at radius 2 is 1.56 bits per heavy atom. The van der Waals surface area contributed by atoms with Crippen molar-refractivity contribution in [3.63, 3.8) is 0 Å². The molecule has 1 aromatic heterocycles. The topological polar surface area (TPSA) is 118 Å². The Kier molecular flexibility index (Phi) is 10.6. The summed E-state index contributed by atoms with van der Waals surface area (Å²) in [6.07, 6.45) is 2.15. The van der Waals surface area contributed by atoms with Crippen molar-refractivity contribution in [1.29, 1.82) is 0 Å². The summed E-state index contributed by atoms with van der Waals surface area (Å²) in [7, 11) is 0. The maximum atomic E-state index is 12.6. The van der Waals surface area contributed by atoms with Gasteiger partial charge in [0.25, 0.3) is 5.91 Å². The van der Waals surface area contributed by atoms with Crippen LogP contribution in [0.3, 0.4) is 0 Å². The molecule has 0 radical (unpaired) electrons. The zero-order valence-corrected chi connectivity index (χ0v) is 27.2. The van der Waals surface area contributed by atoms with Crippen LogP contribution in [0.15, 0.2) is 126 Å². The third-order valence-electron chi connectivity index (χ3n) is 8.51. The monoisotopic (exact) mass is 660 g/mol. The number of nitrogens with one attached hydrogen (secondary N) is 1. The van der Waals surface area contributed by atoms with Gasteiger partial charge in [0.1, 0.15) is 0 Å². The Balaban J connectivity index is 1.20. The summed E-state index contributed by atoms with van der Waals surface area (Å²) in [6.45, 7) is 2.46. The maximum Gasteiger partial charge on any atom is 0.335 e. The van der Waals surface area contributed by atoms with E-state index in [9.17, 15) is 19.8 Å². The average molecular weight is 661 g/mol. The number of hydrogen-bond donors (Lipinski definition) is 3. The van der Waals surface area contributed by atoms with Crippen molar-refractivity contribution in [3.05, 3.63) is 155 Å². The molecular formula is C39H36N2O6S. The Morgan fingerprint density at radius 1 is 0.833 bits per heavy atom. The fraction of sp³-hybridized carbons (Fsp3) is 0.205.